The molecule has 0 bridgehead atoms. The summed E-state index contributed by atoms with van der Waals surface area (Å²) in [6.45, 7) is 0. The van der Waals surface area contributed by atoms with E-state index in [-0.39, 0.29) is 0 Å². The van der Waals surface area contributed by atoms with Crippen LogP contribution in [0.25, 0.3) is 0 Å². The fraction of sp³-hybridized carbons (Fsp3) is 1.00. The molecule has 0 saturated carbocycles. The Morgan fingerprint density at radius 2 is 1.50 bits per heavy atom. The summed E-state index contributed by atoms with van der Waals surface area (Å²) in [5, 5.41) is 0. The van der Waals surface area contributed by atoms with Gasteiger partial charge in [0.05, 0.1) is 0 Å². The first-order valence-electron chi connectivity index (χ1n) is 1.23. The third-order valence-corrected chi connectivity index (χ3v) is 0. The Morgan fingerprint density at radius 3 is 1.50 bits per heavy atom. The molecule has 0 atom stereocenters. The summed E-state index contributed by atoms with van der Waals surface area (Å²) in [6.07, 6.45) is 0. The molecule has 0 aromatic heterocycles. The molecule has 0 aliphatic rings. The Bertz CT molecular complexity index is 18.3. The molecular formula is CH6BrI2NPb. The molecular weight excluding hydrogens is 567 g/mol. The van der Waals surface area contributed by atoms with E-state index in [1.807, 2.05) is 0 Å². The third-order valence-electron chi connectivity index (χ3n) is 0. The maximum absolute atomic E-state index is 4.50. The van der Waals surface area contributed by atoms with Crippen LogP contribution in [-0.2, 0) is 0 Å². The van der Waals surface area contributed by atoms with Crippen molar-refractivity contribution in [2.24, 2.45) is 5.73 Å². The molecule has 0 aliphatic heterocycles. The van der Waals surface area contributed by atoms with Crippen molar-refractivity contribution in [3.05, 3.63) is 0 Å². The fourth-order valence-electron chi connectivity index (χ4n) is 0. The van der Waals surface area contributed by atoms with Crippen LogP contribution in [0.15, 0.2) is 0 Å². The summed E-state index contributed by atoms with van der Waals surface area (Å²) >= 11 is 7.43. The molecule has 0 spiro atoms. The summed E-state index contributed by atoms with van der Waals surface area (Å²) in [5.74, 6) is 0. The molecule has 5 heteroatoms. The van der Waals surface area contributed by atoms with E-state index in [0.717, 1.165) is 0 Å². The van der Waals surface area contributed by atoms with Crippen molar-refractivity contribution in [3.8, 4) is 0 Å². The average molecular weight is 573 g/mol. The third kappa shape index (κ3) is 29.0. The van der Waals surface area contributed by atoms with Crippen molar-refractivity contribution in [3.63, 3.8) is 0 Å². The van der Waals surface area contributed by atoms with Gasteiger partial charge in [-0.3, -0.25) is 0 Å². The summed E-state index contributed by atoms with van der Waals surface area (Å²) in [6, 6.07) is 0. The van der Waals surface area contributed by atoms with E-state index in [1.165, 1.54) is 7.05 Å². The molecule has 1 nitrogen and oxygen atoms in total. The number of hydrogen-bond donors (Lipinski definition) is 1. The normalized spacial score (nSPS) is 7.00. The van der Waals surface area contributed by atoms with Gasteiger partial charge in [-0.1, -0.05) is 0 Å². The van der Waals surface area contributed by atoms with Crippen molar-refractivity contribution < 1.29 is 0 Å². The van der Waals surface area contributed by atoms with Crippen LogP contribution < -0.4 is 5.73 Å². The maximum atomic E-state index is 4.50. The molecule has 0 aliphatic carbocycles. The Balaban J connectivity index is 0. The van der Waals surface area contributed by atoms with Crippen molar-refractivity contribution in [2.45, 2.75) is 0 Å². The second-order valence-electron chi connectivity index (χ2n) is 0.247. The van der Waals surface area contributed by atoms with Crippen LogP contribution >= 0.6 is 47.5 Å². The molecule has 2 N–H and O–H groups in total. The van der Waals surface area contributed by atoms with E-state index < -0.39 is 11.7 Å². The molecule has 0 aromatic carbocycles. The van der Waals surface area contributed by atoms with Gasteiger partial charge in [0.15, 0.2) is 0 Å². The van der Waals surface area contributed by atoms with Crippen molar-refractivity contribution in [1.82, 2.24) is 0 Å². The topological polar surface area (TPSA) is 26.0 Å². The van der Waals surface area contributed by atoms with E-state index in [1.54, 1.807) is 0 Å². The fourth-order valence-corrected chi connectivity index (χ4v) is 0. The average Bonchev–Trinajstić information content (AvgIpc) is 1.41. The van der Waals surface area contributed by atoms with Crippen molar-refractivity contribution >= 4 is 59.2 Å². The summed E-state index contributed by atoms with van der Waals surface area (Å²) < 4.78 is 0. The van der Waals surface area contributed by atoms with Gasteiger partial charge < -0.3 is 5.73 Å². The molecule has 0 saturated heterocycles. The Morgan fingerprint density at radius 1 is 1.50 bits per heavy atom. The molecule has 6 heavy (non-hydrogen) atoms. The molecule has 0 rings (SSSR count). The minimum absolute atomic E-state index is 0.970. The Hall–Kier alpha value is 2.82. The standard InChI is InChI=1S/CH5N.BrH.2HI.Pb.H/c1-2;;;;;/h2H2,1H3;3*1H;;/q;;;;+3;/p-3. The Labute approximate surface area is 70.1 Å². The van der Waals surface area contributed by atoms with Crippen LogP contribution in [0.3, 0.4) is 0 Å². The van der Waals surface area contributed by atoms with Gasteiger partial charge in [-0.2, -0.15) is 0 Å². The zero-order valence-electron chi connectivity index (χ0n) is 3.29. The van der Waals surface area contributed by atoms with Crippen LogP contribution in [0, 0.1) is 0 Å². The van der Waals surface area contributed by atoms with Crippen LogP contribution in [0.2, 0.25) is 0 Å². The molecule has 0 radical (unpaired) electrons. The second kappa shape index (κ2) is 10.7. The zero-order chi connectivity index (χ0) is 5.58. The zero-order valence-corrected chi connectivity index (χ0v) is 13.7. The monoisotopic (exact) mass is 573 g/mol. The number of halogens is 3. The molecule has 0 unspecified atom stereocenters. The van der Waals surface area contributed by atoms with Gasteiger partial charge in [-0.25, -0.2) is 0 Å². The van der Waals surface area contributed by atoms with Gasteiger partial charge in [0.1, 0.15) is 0 Å². The summed E-state index contributed by atoms with van der Waals surface area (Å²) in [4.78, 5) is 0. The molecule has 0 heterocycles. The van der Waals surface area contributed by atoms with Gasteiger partial charge in [0.25, 0.3) is 0 Å². The van der Waals surface area contributed by atoms with E-state index in [2.05, 4.69) is 53.2 Å². The van der Waals surface area contributed by atoms with Crippen LogP contribution in [0.4, 0.5) is 0 Å². The van der Waals surface area contributed by atoms with Crippen LogP contribution in [0.1, 0.15) is 0 Å². The van der Waals surface area contributed by atoms with Gasteiger partial charge in [0.2, 0.25) is 0 Å². The first kappa shape index (κ1) is 11.6. The SMILES string of the molecule is CN.[Br][PbH]([I])[I]. The number of rotatable bonds is 0. The molecule has 0 aromatic rings. The second-order valence-corrected chi connectivity index (χ2v) is 83.0. The van der Waals surface area contributed by atoms with E-state index >= 15 is 0 Å². The number of hydrogen-bond acceptors (Lipinski definition) is 1. The van der Waals surface area contributed by atoms with Gasteiger partial charge >= 0.3 is 59.2 Å². The van der Waals surface area contributed by atoms with Crippen molar-refractivity contribution in [1.29, 1.82) is 0 Å². The quantitative estimate of drug-likeness (QED) is 0.346. The van der Waals surface area contributed by atoms with E-state index in [0.29, 0.717) is 0 Å². The van der Waals surface area contributed by atoms with Crippen molar-refractivity contribution in [2.75, 3.05) is 7.05 Å². The molecule has 40 valence electrons. The first-order chi connectivity index (χ1) is 2.73. The molecule has 0 fully saturated rings. The minimum atomic E-state index is -0.970. The first-order valence-corrected chi connectivity index (χ1v) is 36.2. The summed E-state index contributed by atoms with van der Waals surface area (Å²) in [5.41, 5.74) is 4.50. The van der Waals surface area contributed by atoms with Crippen LogP contribution in [0.5, 0.6) is 0 Å². The summed E-state index contributed by atoms with van der Waals surface area (Å²) in [7, 11) is 1.50. The van der Waals surface area contributed by atoms with Gasteiger partial charge in [0, 0.05) is 0 Å². The van der Waals surface area contributed by atoms with E-state index in [9.17, 15) is 0 Å². The van der Waals surface area contributed by atoms with Gasteiger partial charge in [-0.05, 0) is 7.05 Å². The predicted molar refractivity (Wildman–Crippen MR) is 54.2 cm³/mol. The van der Waals surface area contributed by atoms with E-state index in [4.69, 9.17) is 0 Å². The van der Waals surface area contributed by atoms with Gasteiger partial charge in [-0.15, -0.1) is 0 Å². The number of nitrogens with two attached hydrogens (primary N) is 1. The predicted octanol–water partition coefficient (Wildman–Crippen LogP) is 1.54. The Kier molecular flexibility index (Phi) is 20.8. The van der Waals surface area contributed by atoms with Crippen LogP contribution in [-0.4, -0.2) is 18.8 Å². The molecule has 0 amide bonds.